The van der Waals surface area contributed by atoms with Gasteiger partial charge in [-0.3, -0.25) is 4.79 Å². The Morgan fingerprint density at radius 1 is 1.33 bits per heavy atom. The first-order valence-electron chi connectivity index (χ1n) is 6.24. The number of para-hydroxylation sites is 1. The maximum absolute atomic E-state index is 13.7. The third-order valence-corrected chi connectivity index (χ3v) is 3.58. The molecule has 94 valence electrons. The van der Waals surface area contributed by atoms with E-state index in [-0.39, 0.29) is 11.7 Å². The molecule has 0 spiro atoms. The van der Waals surface area contributed by atoms with Gasteiger partial charge in [0.25, 0.3) is 5.91 Å². The van der Waals surface area contributed by atoms with Crippen LogP contribution in [0.1, 0.15) is 28.9 Å². The molecule has 0 unspecified atom stereocenters. The molecule has 1 saturated heterocycles. The van der Waals surface area contributed by atoms with E-state index in [0.29, 0.717) is 16.5 Å². The van der Waals surface area contributed by atoms with Gasteiger partial charge in [-0.05, 0) is 25.8 Å². The molecule has 1 amide bonds. The first-order chi connectivity index (χ1) is 8.68. The third-order valence-electron chi connectivity index (χ3n) is 3.58. The van der Waals surface area contributed by atoms with Crippen LogP contribution < -0.4 is 0 Å². The summed E-state index contributed by atoms with van der Waals surface area (Å²) in [4.78, 5) is 17.3. The minimum Gasteiger partial charge on any atom is -0.356 e. The van der Waals surface area contributed by atoms with E-state index >= 15 is 0 Å². The highest BCUT2D eigenvalue weighted by molar-refractivity contribution is 6.08. The lowest BCUT2D eigenvalue weighted by Gasteiger charge is -2.15. The number of carbonyl (C=O) groups is 1. The minimum absolute atomic E-state index is 0.0156. The van der Waals surface area contributed by atoms with Crippen LogP contribution in [0.4, 0.5) is 4.39 Å². The summed E-state index contributed by atoms with van der Waals surface area (Å²) >= 11 is 0. The van der Waals surface area contributed by atoms with Crippen LogP contribution in [0.2, 0.25) is 0 Å². The Morgan fingerprint density at radius 3 is 2.78 bits per heavy atom. The van der Waals surface area contributed by atoms with Gasteiger partial charge in [0.05, 0.1) is 11.1 Å². The predicted molar refractivity (Wildman–Crippen MR) is 68.1 cm³/mol. The van der Waals surface area contributed by atoms with E-state index in [9.17, 15) is 9.18 Å². The number of likely N-dealkylation sites (tertiary alicyclic amines) is 1. The lowest BCUT2D eigenvalue weighted by molar-refractivity contribution is 0.0794. The Hall–Kier alpha value is -1.84. The van der Waals surface area contributed by atoms with Gasteiger partial charge in [0.15, 0.2) is 0 Å². The van der Waals surface area contributed by atoms with Gasteiger partial charge in [-0.25, -0.2) is 4.39 Å². The number of carbonyl (C=O) groups excluding carboxylic acids is 1. The number of benzene rings is 1. The van der Waals surface area contributed by atoms with Crippen molar-refractivity contribution in [1.29, 1.82) is 0 Å². The van der Waals surface area contributed by atoms with Crippen molar-refractivity contribution in [3.05, 3.63) is 35.3 Å². The number of fused-ring (bicyclic) bond motifs is 1. The zero-order chi connectivity index (χ0) is 12.7. The van der Waals surface area contributed by atoms with Crippen molar-refractivity contribution in [3.63, 3.8) is 0 Å². The van der Waals surface area contributed by atoms with Crippen molar-refractivity contribution in [3.8, 4) is 0 Å². The van der Waals surface area contributed by atoms with E-state index in [0.717, 1.165) is 31.6 Å². The van der Waals surface area contributed by atoms with Crippen LogP contribution in [-0.2, 0) is 0 Å². The van der Waals surface area contributed by atoms with E-state index < -0.39 is 0 Å². The normalized spacial score (nSPS) is 15.6. The molecule has 1 aromatic carbocycles. The lowest BCUT2D eigenvalue weighted by atomic mass is 10.1. The standard InChI is InChI=1S/C14H15FN2O/c1-9-12(14(18)17-7-2-3-8-17)10-5-4-6-11(15)13(10)16-9/h4-6,16H,2-3,7-8H2,1H3. The number of nitrogens with one attached hydrogen (secondary N) is 1. The Labute approximate surface area is 105 Å². The van der Waals surface area contributed by atoms with Crippen molar-refractivity contribution >= 4 is 16.8 Å². The van der Waals surface area contributed by atoms with E-state index in [1.165, 1.54) is 6.07 Å². The number of aryl methyl sites for hydroxylation is 1. The van der Waals surface area contributed by atoms with Crippen molar-refractivity contribution < 1.29 is 9.18 Å². The molecule has 18 heavy (non-hydrogen) atoms. The number of halogens is 1. The first kappa shape index (κ1) is 11.3. The molecular weight excluding hydrogens is 231 g/mol. The quantitative estimate of drug-likeness (QED) is 0.825. The molecule has 0 atom stereocenters. The minimum atomic E-state index is -0.309. The van der Waals surface area contributed by atoms with Gasteiger partial charge in [0.2, 0.25) is 0 Å². The summed E-state index contributed by atoms with van der Waals surface area (Å²) in [6, 6.07) is 4.85. The zero-order valence-corrected chi connectivity index (χ0v) is 10.3. The summed E-state index contributed by atoms with van der Waals surface area (Å²) in [7, 11) is 0. The molecule has 2 aromatic rings. The van der Waals surface area contributed by atoms with Gasteiger partial charge in [0.1, 0.15) is 5.82 Å². The molecule has 1 N–H and O–H groups in total. The number of hydrogen-bond acceptors (Lipinski definition) is 1. The number of aromatic amines is 1. The van der Waals surface area contributed by atoms with Crippen molar-refractivity contribution in [1.82, 2.24) is 9.88 Å². The molecule has 0 saturated carbocycles. The predicted octanol–water partition coefficient (Wildman–Crippen LogP) is 2.85. The molecule has 0 bridgehead atoms. The van der Waals surface area contributed by atoms with Crippen LogP contribution in [0.5, 0.6) is 0 Å². The maximum Gasteiger partial charge on any atom is 0.256 e. The summed E-state index contributed by atoms with van der Waals surface area (Å²) in [6.07, 6.45) is 2.11. The van der Waals surface area contributed by atoms with Crippen molar-refractivity contribution in [2.45, 2.75) is 19.8 Å². The number of hydrogen-bond donors (Lipinski definition) is 1. The fraction of sp³-hybridized carbons (Fsp3) is 0.357. The summed E-state index contributed by atoms with van der Waals surface area (Å²) in [5.41, 5.74) is 1.79. The van der Waals surface area contributed by atoms with Crippen LogP contribution >= 0.6 is 0 Å². The van der Waals surface area contributed by atoms with E-state index in [1.807, 2.05) is 11.8 Å². The van der Waals surface area contributed by atoms with Gasteiger partial charge in [-0.1, -0.05) is 12.1 Å². The molecule has 1 aliphatic heterocycles. The van der Waals surface area contributed by atoms with Gasteiger partial charge in [-0.15, -0.1) is 0 Å². The molecule has 1 aliphatic rings. The Bertz CT molecular complexity index is 612. The zero-order valence-electron chi connectivity index (χ0n) is 10.3. The number of amides is 1. The SMILES string of the molecule is Cc1[nH]c2c(F)cccc2c1C(=O)N1CCCC1. The number of rotatable bonds is 1. The fourth-order valence-electron chi connectivity index (χ4n) is 2.67. The number of aromatic nitrogens is 1. The van der Waals surface area contributed by atoms with Crippen LogP contribution in [0, 0.1) is 12.7 Å². The highest BCUT2D eigenvalue weighted by Gasteiger charge is 2.24. The Kier molecular flexibility index (Phi) is 2.58. The summed E-state index contributed by atoms with van der Waals surface area (Å²) < 4.78 is 13.7. The third kappa shape index (κ3) is 1.60. The fourth-order valence-corrected chi connectivity index (χ4v) is 2.67. The average molecular weight is 246 g/mol. The van der Waals surface area contributed by atoms with E-state index in [1.54, 1.807) is 12.1 Å². The van der Waals surface area contributed by atoms with Crippen molar-refractivity contribution in [2.75, 3.05) is 13.1 Å². The van der Waals surface area contributed by atoms with Crippen LogP contribution in [0.3, 0.4) is 0 Å². The second-order valence-corrected chi connectivity index (χ2v) is 4.79. The first-order valence-corrected chi connectivity index (χ1v) is 6.24. The lowest BCUT2D eigenvalue weighted by Crippen LogP contribution is -2.27. The topological polar surface area (TPSA) is 36.1 Å². The largest absolute Gasteiger partial charge is 0.356 e. The molecule has 1 fully saturated rings. The summed E-state index contributed by atoms with van der Waals surface area (Å²) in [5, 5.41) is 0.685. The second-order valence-electron chi connectivity index (χ2n) is 4.79. The van der Waals surface area contributed by atoms with Crippen molar-refractivity contribution in [2.24, 2.45) is 0 Å². The molecule has 3 nitrogen and oxygen atoms in total. The smallest absolute Gasteiger partial charge is 0.256 e. The highest BCUT2D eigenvalue weighted by Crippen LogP contribution is 2.26. The monoisotopic (exact) mass is 246 g/mol. The summed E-state index contributed by atoms with van der Waals surface area (Å²) in [6.45, 7) is 3.43. The van der Waals surface area contributed by atoms with Crippen LogP contribution in [0.15, 0.2) is 18.2 Å². The maximum atomic E-state index is 13.7. The molecule has 1 aromatic heterocycles. The molecule has 3 rings (SSSR count). The molecule has 2 heterocycles. The summed E-state index contributed by atoms with van der Waals surface area (Å²) in [5.74, 6) is -0.294. The Morgan fingerprint density at radius 2 is 2.06 bits per heavy atom. The highest BCUT2D eigenvalue weighted by atomic mass is 19.1. The van der Waals surface area contributed by atoms with Gasteiger partial charge in [-0.2, -0.15) is 0 Å². The van der Waals surface area contributed by atoms with E-state index in [4.69, 9.17) is 0 Å². The van der Waals surface area contributed by atoms with Crippen LogP contribution in [0.25, 0.3) is 10.9 Å². The molecule has 4 heteroatoms. The number of nitrogens with zero attached hydrogens (tertiary/aromatic N) is 1. The van der Waals surface area contributed by atoms with Gasteiger partial charge < -0.3 is 9.88 Å². The van der Waals surface area contributed by atoms with Gasteiger partial charge in [0, 0.05) is 24.2 Å². The number of H-pyrrole nitrogens is 1. The second kappa shape index (κ2) is 4.12. The molecule has 0 aliphatic carbocycles. The Balaban J connectivity index is 2.13. The molecule has 0 radical (unpaired) electrons. The molecular formula is C14H15FN2O. The van der Waals surface area contributed by atoms with Gasteiger partial charge >= 0.3 is 0 Å². The van der Waals surface area contributed by atoms with E-state index in [2.05, 4.69) is 4.98 Å². The van der Waals surface area contributed by atoms with Crippen LogP contribution in [-0.4, -0.2) is 28.9 Å². The average Bonchev–Trinajstić information content (AvgIpc) is 2.96.